The summed E-state index contributed by atoms with van der Waals surface area (Å²) in [6, 6.07) is 13.3. The van der Waals surface area contributed by atoms with E-state index in [0.717, 1.165) is 42.7 Å². The zero-order chi connectivity index (χ0) is 27.0. The highest BCUT2D eigenvalue weighted by atomic mass is 16.5. The van der Waals surface area contributed by atoms with E-state index in [2.05, 4.69) is 45.9 Å². The predicted octanol–water partition coefficient (Wildman–Crippen LogP) is 7.10. The largest absolute Gasteiger partial charge is 0.508 e. The lowest BCUT2D eigenvalue weighted by Gasteiger charge is -2.38. The highest BCUT2D eigenvalue weighted by molar-refractivity contribution is 6.10. The number of hydrogen-bond acceptors (Lipinski definition) is 5. The van der Waals surface area contributed by atoms with E-state index in [1.165, 1.54) is 16.7 Å². The monoisotopic (exact) mass is 513 g/mol. The summed E-state index contributed by atoms with van der Waals surface area (Å²) in [4.78, 5) is 33.0. The smallest absolute Gasteiger partial charge is 0.315 e. The highest BCUT2D eigenvalue weighted by Crippen LogP contribution is 2.49. The molecule has 0 bridgehead atoms. The van der Waals surface area contributed by atoms with Crippen LogP contribution >= 0.6 is 0 Å². The van der Waals surface area contributed by atoms with Crippen LogP contribution in [0.2, 0.25) is 0 Å². The quantitative estimate of drug-likeness (QED) is 0.418. The minimum atomic E-state index is -0.667. The van der Waals surface area contributed by atoms with Crippen molar-refractivity contribution in [2.24, 2.45) is 16.8 Å². The standard InChI is InChI=1S/C33H39NO4/c1-19(2)15-26-32(33(37)38-25-13-5-6-14-25)30(22-11-8-12-24(35)16-22)31-27(34-26)17-23(18-28(31)36)29-20(3)9-7-10-21(29)4/h7-12,16,19,23,25,30,32,35H,5-6,13-15,17-18H2,1-4H3. The first-order chi connectivity index (χ1) is 18.2. The highest BCUT2D eigenvalue weighted by Gasteiger charge is 2.46. The Kier molecular flexibility index (Phi) is 7.56. The normalized spacial score (nSPS) is 24.0. The number of esters is 1. The lowest BCUT2D eigenvalue weighted by molar-refractivity contribution is -0.151. The fourth-order valence-corrected chi connectivity index (χ4v) is 6.83. The third kappa shape index (κ3) is 5.21. The molecule has 3 unspecified atom stereocenters. The molecule has 1 heterocycles. The van der Waals surface area contributed by atoms with Gasteiger partial charge in [0, 0.05) is 29.3 Å². The second-order valence-electron chi connectivity index (χ2n) is 11.8. The Balaban J connectivity index is 1.62. The maximum absolute atomic E-state index is 14.0. The molecule has 1 saturated carbocycles. The molecule has 3 aliphatic rings. The number of ketones is 1. The predicted molar refractivity (Wildman–Crippen MR) is 149 cm³/mol. The van der Waals surface area contributed by atoms with Crippen LogP contribution < -0.4 is 0 Å². The minimum absolute atomic E-state index is 0.0401. The molecule has 1 N–H and O–H groups in total. The number of aliphatic imine (C=N–C) groups is 1. The van der Waals surface area contributed by atoms with E-state index < -0.39 is 11.8 Å². The van der Waals surface area contributed by atoms with E-state index >= 15 is 0 Å². The van der Waals surface area contributed by atoms with Crippen molar-refractivity contribution in [3.05, 3.63) is 76.0 Å². The topological polar surface area (TPSA) is 76.0 Å². The number of nitrogens with zero attached hydrogens (tertiary/aromatic N) is 1. The van der Waals surface area contributed by atoms with Gasteiger partial charge in [-0.2, -0.15) is 0 Å². The Bertz CT molecular complexity index is 1280. The third-order valence-corrected chi connectivity index (χ3v) is 8.40. The zero-order valence-electron chi connectivity index (χ0n) is 23.0. The average Bonchev–Trinajstić information content (AvgIpc) is 3.35. The maximum Gasteiger partial charge on any atom is 0.315 e. The van der Waals surface area contributed by atoms with Crippen LogP contribution in [-0.2, 0) is 14.3 Å². The van der Waals surface area contributed by atoms with Crippen molar-refractivity contribution < 1.29 is 19.4 Å². The summed E-state index contributed by atoms with van der Waals surface area (Å²) in [5, 5.41) is 10.4. The molecule has 1 aliphatic heterocycles. The van der Waals surface area contributed by atoms with Gasteiger partial charge in [0.15, 0.2) is 5.78 Å². The lowest BCUT2D eigenvalue weighted by atomic mass is 9.67. The molecule has 0 spiro atoms. The molecule has 200 valence electrons. The SMILES string of the molecule is Cc1cccc(C)c1C1CC(=O)C2=C(C1)N=C(CC(C)C)C(C(=O)OC1CCCC1)C2c1cccc(O)c1. The van der Waals surface area contributed by atoms with E-state index in [9.17, 15) is 14.7 Å². The second-order valence-corrected chi connectivity index (χ2v) is 11.8. The van der Waals surface area contributed by atoms with Crippen molar-refractivity contribution in [1.29, 1.82) is 0 Å². The van der Waals surface area contributed by atoms with Crippen LogP contribution in [0.1, 0.15) is 92.9 Å². The van der Waals surface area contributed by atoms with Gasteiger partial charge in [-0.3, -0.25) is 14.6 Å². The summed E-state index contributed by atoms with van der Waals surface area (Å²) in [6.45, 7) is 8.46. The van der Waals surface area contributed by atoms with Gasteiger partial charge in [0.1, 0.15) is 17.8 Å². The Hall–Kier alpha value is -3.21. The summed E-state index contributed by atoms with van der Waals surface area (Å²) in [5.41, 5.74) is 6.59. The number of ether oxygens (including phenoxy) is 1. The maximum atomic E-state index is 14.0. The number of carbonyl (C=O) groups excluding carboxylic acids is 2. The summed E-state index contributed by atoms with van der Waals surface area (Å²) in [6.07, 6.45) is 5.54. The van der Waals surface area contributed by atoms with Gasteiger partial charge in [-0.25, -0.2) is 0 Å². The summed E-state index contributed by atoms with van der Waals surface area (Å²) >= 11 is 0. The second kappa shape index (κ2) is 10.9. The third-order valence-electron chi connectivity index (χ3n) is 8.40. The van der Waals surface area contributed by atoms with Crippen molar-refractivity contribution in [2.45, 2.75) is 90.6 Å². The molecule has 0 aromatic heterocycles. The van der Waals surface area contributed by atoms with E-state index in [-0.39, 0.29) is 35.4 Å². The number of aryl methyl sites for hydroxylation is 2. The van der Waals surface area contributed by atoms with E-state index in [1.807, 2.05) is 6.07 Å². The van der Waals surface area contributed by atoms with Gasteiger partial charge in [0.05, 0.1) is 0 Å². The molecule has 5 rings (SSSR count). The molecule has 0 radical (unpaired) electrons. The van der Waals surface area contributed by atoms with E-state index in [0.29, 0.717) is 24.8 Å². The van der Waals surface area contributed by atoms with Gasteiger partial charge in [-0.1, -0.05) is 44.2 Å². The van der Waals surface area contributed by atoms with Crippen molar-refractivity contribution in [3.8, 4) is 5.75 Å². The van der Waals surface area contributed by atoms with Crippen LogP contribution in [0.15, 0.2) is 58.7 Å². The summed E-state index contributed by atoms with van der Waals surface area (Å²) < 4.78 is 6.07. The lowest BCUT2D eigenvalue weighted by Crippen LogP contribution is -2.40. The average molecular weight is 514 g/mol. The first-order valence-corrected chi connectivity index (χ1v) is 14.1. The number of allylic oxidation sites excluding steroid dienone is 2. The molecule has 2 aliphatic carbocycles. The van der Waals surface area contributed by atoms with Crippen molar-refractivity contribution >= 4 is 17.5 Å². The molecule has 2 aromatic carbocycles. The van der Waals surface area contributed by atoms with Crippen LogP contribution in [0.4, 0.5) is 0 Å². The summed E-state index contributed by atoms with van der Waals surface area (Å²) in [5.74, 6) is -0.964. The van der Waals surface area contributed by atoms with E-state index in [1.54, 1.807) is 18.2 Å². The molecule has 0 saturated heterocycles. The molecule has 3 atom stereocenters. The number of carbonyl (C=O) groups is 2. The molecule has 38 heavy (non-hydrogen) atoms. The molecule has 1 fully saturated rings. The van der Waals surface area contributed by atoms with Crippen LogP contribution in [-0.4, -0.2) is 28.7 Å². The number of phenolic OH excluding ortho intramolecular Hbond substituents is 1. The molecule has 2 aromatic rings. The number of Topliss-reactive ketones (excluding diaryl/α,β-unsaturated/α-hetero) is 1. The van der Waals surface area contributed by atoms with Crippen LogP contribution in [0.3, 0.4) is 0 Å². The Morgan fingerprint density at radius 3 is 2.39 bits per heavy atom. The fraction of sp³-hybridized carbons (Fsp3) is 0.485. The Morgan fingerprint density at radius 2 is 1.74 bits per heavy atom. The van der Waals surface area contributed by atoms with Crippen molar-refractivity contribution in [2.75, 3.05) is 0 Å². The Morgan fingerprint density at radius 1 is 1.05 bits per heavy atom. The van der Waals surface area contributed by atoms with Crippen LogP contribution in [0.25, 0.3) is 0 Å². The molecular weight excluding hydrogens is 474 g/mol. The number of rotatable bonds is 6. The Labute approximate surface area is 226 Å². The molecule has 5 heteroatoms. The number of benzene rings is 2. The molecular formula is C33H39NO4. The first-order valence-electron chi connectivity index (χ1n) is 14.1. The minimum Gasteiger partial charge on any atom is -0.508 e. The number of phenols is 1. The number of hydrogen-bond donors (Lipinski definition) is 1. The van der Waals surface area contributed by atoms with Gasteiger partial charge >= 0.3 is 5.97 Å². The van der Waals surface area contributed by atoms with Gasteiger partial charge in [-0.15, -0.1) is 0 Å². The van der Waals surface area contributed by atoms with Gasteiger partial charge < -0.3 is 9.84 Å². The summed E-state index contributed by atoms with van der Waals surface area (Å²) in [7, 11) is 0. The molecule has 5 nitrogen and oxygen atoms in total. The van der Waals surface area contributed by atoms with Gasteiger partial charge in [-0.05, 0) is 98.6 Å². The van der Waals surface area contributed by atoms with Gasteiger partial charge in [0.2, 0.25) is 0 Å². The van der Waals surface area contributed by atoms with Crippen LogP contribution in [0.5, 0.6) is 5.75 Å². The number of aromatic hydroxyl groups is 1. The van der Waals surface area contributed by atoms with Crippen LogP contribution in [0, 0.1) is 25.7 Å². The fourth-order valence-electron chi connectivity index (χ4n) is 6.83. The zero-order valence-corrected chi connectivity index (χ0v) is 23.0. The van der Waals surface area contributed by atoms with E-state index in [4.69, 9.17) is 9.73 Å². The molecule has 0 amide bonds. The van der Waals surface area contributed by atoms with Crippen molar-refractivity contribution in [1.82, 2.24) is 0 Å². The van der Waals surface area contributed by atoms with Crippen molar-refractivity contribution in [3.63, 3.8) is 0 Å². The van der Waals surface area contributed by atoms with Gasteiger partial charge in [0.25, 0.3) is 0 Å². The first kappa shape index (κ1) is 26.4.